The Bertz CT molecular complexity index is 733. The van der Waals surface area contributed by atoms with E-state index in [9.17, 15) is 4.79 Å². The lowest BCUT2D eigenvalue weighted by atomic mass is 10.2. The Morgan fingerprint density at radius 1 is 1.33 bits per heavy atom. The van der Waals surface area contributed by atoms with Gasteiger partial charge < -0.3 is 10.1 Å². The standard InChI is InChI=1S/C20H28N4O2S/c1-15(20(25)21-13-16-5-4-12-26-16)24-10-8-23(9-11-24)14-19-22-17-6-2-3-7-18(17)27-19/h2-3,6-7,15-16H,4-5,8-14H2,1H3,(H,21,25)/t15-,16+/m1/s1. The van der Waals surface area contributed by atoms with Gasteiger partial charge in [0.25, 0.3) is 0 Å². The quantitative estimate of drug-likeness (QED) is 0.821. The summed E-state index contributed by atoms with van der Waals surface area (Å²) in [5, 5.41) is 4.23. The van der Waals surface area contributed by atoms with E-state index in [1.165, 1.54) is 9.71 Å². The fourth-order valence-corrected chi connectivity index (χ4v) is 4.83. The number of ether oxygens (including phenoxy) is 1. The van der Waals surface area contributed by atoms with Crippen molar-refractivity contribution in [2.45, 2.75) is 38.5 Å². The number of hydrogen-bond acceptors (Lipinski definition) is 6. The number of piperazine rings is 1. The molecule has 27 heavy (non-hydrogen) atoms. The van der Waals surface area contributed by atoms with Gasteiger partial charge in [-0.1, -0.05) is 12.1 Å². The summed E-state index contributed by atoms with van der Waals surface area (Å²) in [5.41, 5.74) is 1.09. The van der Waals surface area contributed by atoms with E-state index < -0.39 is 0 Å². The molecule has 1 aromatic heterocycles. The molecule has 0 unspecified atom stereocenters. The average Bonchev–Trinajstić information content (AvgIpc) is 3.35. The predicted molar refractivity (Wildman–Crippen MR) is 108 cm³/mol. The van der Waals surface area contributed by atoms with Crippen molar-refractivity contribution in [2.24, 2.45) is 0 Å². The smallest absolute Gasteiger partial charge is 0.237 e. The Labute approximate surface area is 164 Å². The predicted octanol–water partition coefficient (Wildman–Crippen LogP) is 2.10. The summed E-state index contributed by atoms with van der Waals surface area (Å²) in [6.45, 7) is 8.14. The summed E-state index contributed by atoms with van der Waals surface area (Å²) in [6.07, 6.45) is 2.36. The van der Waals surface area contributed by atoms with Crippen LogP contribution in [0.2, 0.25) is 0 Å². The Balaban J connectivity index is 1.23. The average molecular weight is 389 g/mol. The van der Waals surface area contributed by atoms with Crippen LogP contribution < -0.4 is 5.32 Å². The van der Waals surface area contributed by atoms with Crippen LogP contribution in [0.15, 0.2) is 24.3 Å². The number of carbonyl (C=O) groups is 1. The van der Waals surface area contributed by atoms with Crippen LogP contribution in [0.25, 0.3) is 10.2 Å². The second-order valence-electron chi connectivity index (χ2n) is 7.44. The molecule has 1 aromatic carbocycles. The summed E-state index contributed by atoms with van der Waals surface area (Å²) >= 11 is 1.78. The first-order valence-electron chi connectivity index (χ1n) is 9.89. The van der Waals surface area contributed by atoms with Crippen molar-refractivity contribution in [1.29, 1.82) is 0 Å². The lowest BCUT2D eigenvalue weighted by Crippen LogP contribution is -2.54. The Morgan fingerprint density at radius 3 is 2.89 bits per heavy atom. The molecule has 6 nitrogen and oxygen atoms in total. The lowest BCUT2D eigenvalue weighted by Gasteiger charge is -2.37. The van der Waals surface area contributed by atoms with Crippen molar-refractivity contribution >= 4 is 27.5 Å². The van der Waals surface area contributed by atoms with Crippen LogP contribution in [-0.2, 0) is 16.1 Å². The third-order valence-electron chi connectivity index (χ3n) is 5.56. The number of hydrogen-bond donors (Lipinski definition) is 1. The largest absolute Gasteiger partial charge is 0.376 e. The molecule has 2 fully saturated rings. The van der Waals surface area contributed by atoms with Gasteiger partial charge in [0, 0.05) is 39.3 Å². The van der Waals surface area contributed by atoms with E-state index in [1.807, 2.05) is 13.0 Å². The van der Waals surface area contributed by atoms with Crippen molar-refractivity contribution in [3.8, 4) is 0 Å². The lowest BCUT2D eigenvalue weighted by molar-refractivity contribution is -0.127. The molecular formula is C20H28N4O2S. The van der Waals surface area contributed by atoms with Gasteiger partial charge in [0.15, 0.2) is 0 Å². The van der Waals surface area contributed by atoms with Gasteiger partial charge in [0.05, 0.1) is 28.9 Å². The van der Waals surface area contributed by atoms with E-state index in [1.54, 1.807) is 11.3 Å². The Hall–Kier alpha value is -1.54. The molecule has 1 amide bonds. The van der Waals surface area contributed by atoms with Gasteiger partial charge in [-0.3, -0.25) is 14.6 Å². The maximum atomic E-state index is 12.4. The molecule has 2 aliphatic heterocycles. The first kappa shape index (κ1) is 18.8. The molecule has 0 spiro atoms. The highest BCUT2D eigenvalue weighted by molar-refractivity contribution is 7.18. The number of amides is 1. The summed E-state index contributed by atoms with van der Waals surface area (Å²) in [7, 11) is 0. The van der Waals surface area contributed by atoms with E-state index in [0.29, 0.717) is 6.54 Å². The van der Waals surface area contributed by atoms with E-state index in [0.717, 1.165) is 57.7 Å². The Kier molecular flexibility index (Phi) is 6.02. The third kappa shape index (κ3) is 4.66. The zero-order valence-corrected chi connectivity index (χ0v) is 16.7. The molecule has 2 aliphatic rings. The van der Waals surface area contributed by atoms with Crippen LogP contribution >= 0.6 is 11.3 Å². The zero-order chi connectivity index (χ0) is 18.6. The number of para-hydroxylation sites is 1. The second-order valence-corrected chi connectivity index (χ2v) is 8.56. The molecule has 0 saturated carbocycles. The molecule has 146 valence electrons. The van der Waals surface area contributed by atoms with Crippen molar-refractivity contribution in [1.82, 2.24) is 20.1 Å². The van der Waals surface area contributed by atoms with Crippen LogP contribution in [-0.4, -0.2) is 72.2 Å². The van der Waals surface area contributed by atoms with Gasteiger partial charge in [0.2, 0.25) is 5.91 Å². The number of nitrogens with one attached hydrogen (secondary N) is 1. The summed E-state index contributed by atoms with van der Waals surface area (Å²) in [4.78, 5) is 21.9. The second kappa shape index (κ2) is 8.65. The highest BCUT2D eigenvalue weighted by Crippen LogP contribution is 2.23. The molecule has 0 bridgehead atoms. The number of aromatic nitrogens is 1. The topological polar surface area (TPSA) is 57.7 Å². The normalized spacial score (nSPS) is 22.9. The fourth-order valence-electron chi connectivity index (χ4n) is 3.82. The van der Waals surface area contributed by atoms with Crippen LogP contribution in [0.4, 0.5) is 0 Å². The number of benzene rings is 1. The minimum absolute atomic E-state index is 0.0870. The van der Waals surface area contributed by atoms with Crippen LogP contribution in [0.1, 0.15) is 24.8 Å². The summed E-state index contributed by atoms with van der Waals surface area (Å²) < 4.78 is 6.83. The van der Waals surface area contributed by atoms with Gasteiger partial charge in [-0.15, -0.1) is 11.3 Å². The molecule has 2 aromatic rings. The van der Waals surface area contributed by atoms with Gasteiger partial charge in [-0.2, -0.15) is 0 Å². The molecule has 1 N–H and O–H groups in total. The first-order valence-corrected chi connectivity index (χ1v) is 10.7. The van der Waals surface area contributed by atoms with Gasteiger partial charge >= 0.3 is 0 Å². The van der Waals surface area contributed by atoms with Crippen LogP contribution in [0.3, 0.4) is 0 Å². The minimum atomic E-state index is -0.0870. The van der Waals surface area contributed by atoms with Gasteiger partial charge in [-0.05, 0) is 31.9 Å². The van der Waals surface area contributed by atoms with Crippen molar-refractivity contribution in [2.75, 3.05) is 39.3 Å². The van der Waals surface area contributed by atoms with E-state index in [-0.39, 0.29) is 18.1 Å². The molecule has 2 atom stereocenters. The molecule has 2 saturated heterocycles. The Morgan fingerprint density at radius 2 is 2.15 bits per heavy atom. The number of thiazole rings is 1. The molecule has 3 heterocycles. The van der Waals surface area contributed by atoms with Crippen molar-refractivity contribution in [3.63, 3.8) is 0 Å². The third-order valence-corrected chi connectivity index (χ3v) is 6.58. The van der Waals surface area contributed by atoms with Crippen LogP contribution in [0, 0.1) is 0 Å². The summed E-state index contributed by atoms with van der Waals surface area (Å²) in [5.74, 6) is 0.116. The minimum Gasteiger partial charge on any atom is -0.376 e. The van der Waals surface area contributed by atoms with Crippen molar-refractivity contribution in [3.05, 3.63) is 29.3 Å². The maximum Gasteiger partial charge on any atom is 0.237 e. The fraction of sp³-hybridized carbons (Fsp3) is 0.600. The van der Waals surface area contributed by atoms with E-state index in [4.69, 9.17) is 9.72 Å². The maximum absolute atomic E-state index is 12.4. The van der Waals surface area contributed by atoms with Gasteiger partial charge in [-0.25, -0.2) is 4.98 Å². The number of rotatable bonds is 6. The summed E-state index contributed by atoms with van der Waals surface area (Å²) in [6, 6.07) is 8.22. The van der Waals surface area contributed by atoms with Crippen molar-refractivity contribution < 1.29 is 9.53 Å². The van der Waals surface area contributed by atoms with E-state index >= 15 is 0 Å². The SMILES string of the molecule is C[C@H](C(=O)NC[C@@H]1CCCO1)N1CCN(Cc2nc3ccccc3s2)CC1. The molecule has 7 heteroatoms. The number of carbonyl (C=O) groups excluding carboxylic acids is 1. The molecule has 0 radical (unpaired) electrons. The molecule has 0 aliphatic carbocycles. The number of nitrogens with zero attached hydrogens (tertiary/aromatic N) is 3. The molecule has 4 rings (SSSR count). The zero-order valence-electron chi connectivity index (χ0n) is 15.9. The van der Waals surface area contributed by atoms with E-state index in [2.05, 4.69) is 33.3 Å². The monoisotopic (exact) mass is 388 g/mol. The number of fused-ring (bicyclic) bond motifs is 1. The first-order chi connectivity index (χ1) is 13.2. The molecular weight excluding hydrogens is 360 g/mol. The van der Waals surface area contributed by atoms with Crippen LogP contribution in [0.5, 0.6) is 0 Å². The van der Waals surface area contributed by atoms with Gasteiger partial charge in [0.1, 0.15) is 5.01 Å². The highest BCUT2D eigenvalue weighted by Gasteiger charge is 2.26. The highest BCUT2D eigenvalue weighted by atomic mass is 32.1.